The highest BCUT2D eigenvalue weighted by Gasteiger charge is 2.37. The van der Waals surface area contributed by atoms with Gasteiger partial charge in [-0.05, 0) is 31.7 Å². The normalized spacial score (nSPS) is 28.1. The van der Waals surface area contributed by atoms with E-state index in [9.17, 15) is 0 Å². The lowest BCUT2D eigenvalue weighted by molar-refractivity contribution is 0.183. The summed E-state index contributed by atoms with van der Waals surface area (Å²) in [4.78, 5) is 2.56. The van der Waals surface area contributed by atoms with E-state index in [1.54, 1.807) is 0 Å². The van der Waals surface area contributed by atoms with Gasteiger partial charge in [0.25, 0.3) is 0 Å². The maximum Gasteiger partial charge on any atom is 0.151 e. The van der Waals surface area contributed by atoms with Gasteiger partial charge in [0.2, 0.25) is 0 Å². The van der Waals surface area contributed by atoms with Gasteiger partial charge in [0, 0.05) is 25.2 Å². The van der Waals surface area contributed by atoms with Gasteiger partial charge in [-0.25, -0.2) is 0 Å². The Bertz CT molecular complexity index is 376. The fraction of sp³-hybridized carbons (Fsp3) is 0.769. The van der Waals surface area contributed by atoms with Crippen molar-refractivity contribution < 1.29 is 4.52 Å². The predicted octanol–water partition coefficient (Wildman–Crippen LogP) is 1.77. The average Bonchev–Trinajstić information content (AvgIpc) is 3.02. The lowest BCUT2D eigenvalue weighted by Crippen LogP contribution is -2.31. The number of hydrogen-bond acceptors (Lipinski definition) is 4. The summed E-state index contributed by atoms with van der Waals surface area (Å²) in [6.45, 7) is 6.08. The van der Waals surface area contributed by atoms with E-state index in [4.69, 9.17) is 4.52 Å². The van der Waals surface area contributed by atoms with Crippen molar-refractivity contribution in [1.29, 1.82) is 0 Å². The highest BCUT2D eigenvalue weighted by molar-refractivity contribution is 5.06. The van der Waals surface area contributed by atoms with Gasteiger partial charge in [0.05, 0.1) is 12.2 Å². The molecule has 1 N–H and O–H groups in total. The van der Waals surface area contributed by atoms with Gasteiger partial charge in [0.1, 0.15) is 0 Å². The standard InChI is InChI=1S/C13H21N3O/c1-2-14-7-11-6-13(17-15-11)9-16-8-10-3-4-12(16)5-10/h6,10,12,14H,2-5,7-9H2,1H3. The quantitative estimate of drug-likeness (QED) is 0.844. The van der Waals surface area contributed by atoms with Crippen LogP contribution in [-0.2, 0) is 13.1 Å². The number of hydrogen-bond donors (Lipinski definition) is 1. The summed E-state index contributed by atoms with van der Waals surface area (Å²) in [6.07, 6.45) is 4.21. The van der Waals surface area contributed by atoms with E-state index >= 15 is 0 Å². The highest BCUT2D eigenvalue weighted by atomic mass is 16.5. The van der Waals surface area contributed by atoms with Crippen LogP contribution >= 0.6 is 0 Å². The Labute approximate surface area is 102 Å². The third kappa shape index (κ3) is 2.38. The first-order valence-corrected chi connectivity index (χ1v) is 6.74. The monoisotopic (exact) mass is 235 g/mol. The fourth-order valence-corrected chi connectivity index (χ4v) is 3.19. The van der Waals surface area contributed by atoms with E-state index in [0.717, 1.165) is 43.0 Å². The van der Waals surface area contributed by atoms with Gasteiger partial charge in [0.15, 0.2) is 5.76 Å². The maximum atomic E-state index is 5.40. The molecule has 1 aliphatic carbocycles. The van der Waals surface area contributed by atoms with Crippen LogP contribution in [0, 0.1) is 5.92 Å². The van der Waals surface area contributed by atoms with Gasteiger partial charge >= 0.3 is 0 Å². The Kier molecular flexibility index (Phi) is 3.16. The maximum absolute atomic E-state index is 5.40. The molecule has 0 spiro atoms. The minimum absolute atomic E-state index is 0.808. The van der Waals surface area contributed by atoms with E-state index in [1.807, 2.05) is 0 Å². The number of piperidine rings is 1. The molecule has 4 nitrogen and oxygen atoms in total. The van der Waals surface area contributed by atoms with Crippen molar-refractivity contribution in [1.82, 2.24) is 15.4 Å². The van der Waals surface area contributed by atoms with Crippen LogP contribution in [0.2, 0.25) is 0 Å². The molecule has 0 aromatic carbocycles. The molecule has 1 aromatic heterocycles. The van der Waals surface area contributed by atoms with E-state index in [2.05, 4.69) is 28.4 Å². The Hall–Kier alpha value is -0.870. The smallest absolute Gasteiger partial charge is 0.151 e. The number of aromatic nitrogens is 1. The van der Waals surface area contributed by atoms with Gasteiger partial charge < -0.3 is 9.84 Å². The number of nitrogens with zero attached hydrogens (tertiary/aromatic N) is 2. The molecule has 0 amide bonds. The van der Waals surface area contributed by atoms with E-state index < -0.39 is 0 Å². The Balaban J connectivity index is 1.56. The van der Waals surface area contributed by atoms with Gasteiger partial charge in [-0.2, -0.15) is 0 Å². The number of likely N-dealkylation sites (tertiary alicyclic amines) is 1. The molecular formula is C13H21N3O. The van der Waals surface area contributed by atoms with Crippen LogP contribution in [0.3, 0.4) is 0 Å². The van der Waals surface area contributed by atoms with Crippen LogP contribution in [0.1, 0.15) is 37.6 Å². The van der Waals surface area contributed by atoms with Crippen LogP contribution in [0.25, 0.3) is 0 Å². The highest BCUT2D eigenvalue weighted by Crippen LogP contribution is 2.38. The zero-order valence-corrected chi connectivity index (χ0v) is 10.5. The molecule has 3 rings (SSSR count). The van der Waals surface area contributed by atoms with Crippen LogP contribution in [-0.4, -0.2) is 29.2 Å². The van der Waals surface area contributed by atoms with Crippen LogP contribution in [0.5, 0.6) is 0 Å². The van der Waals surface area contributed by atoms with Crippen molar-refractivity contribution in [3.8, 4) is 0 Å². The number of rotatable bonds is 5. The van der Waals surface area contributed by atoms with E-state index in [-0.39, 0.29) is 0 Å². The van der Waals surface area contributed by atoms with Gasteiger partial charge in [-0.15, -0.1) is 0 Å². The summed E-state index contributed by atoms with van der Waals surface area (Å²) in [5.74, 6) is 1.97. The first-order valence-electron chi connectivity index (χ1n) is 6.74. The van der Waals surface area contributed by atoms with Crippen LogP contribution in [0.15, 0.2) is 10.6 Å². The van der Waals surface area contributed by atoms with Crippen molar-refractivity contribution in [2.45, 2.75) is 45.3 Å². The van der Waals surface area contributed by atoms with Crippen molar-refractivity contribution >= 4 is 0 Å². The van der Waals surface area contributed by atoms with Gasteiger partial charge in [-0.1, -0.05) is 12.1 Å². The molecule has 2 heterocycles. The number of nitrogens with one attached hydrogen (secondary N) is 1. The second kappa shape index (κ2) is 4.78. The van der Waals surface area contributed by atoms with E-state index in [1.165, 1.54) is 25.8 Å². The van der Waals surface area contributed by atoms with Crippen LogP contribution < -0.4 is 5.32 Å². The predicted molar refractivity (Wildman–Crippen MR) is 65.4 cm³/mol. The zero-order valence-electron chi connectivity index (χ0n) is 10.5. The molecule has 2 atom stereocenters. The molecule has 2 bridgehead atoms. The summed E-state index contributed by atoms with van der Waals surface area (Å²) in [5, 5.41) is 7.36. The molecule has 1 aliphatic heterocycles. The summed E-state index contributed by atoms with van der Waals surface area (Å²) in [5.41, 5.74) is 1.02. The van der Waals surface area contributed by atoms with Crippen molar-refractivity contribution in [2.75, 3.05) is 13.1 Å². The second-order valence-electron chi connectivity index (χ2n) is 5.33. The molecule has 4 heteroatoms. The lowest BCUT2D eigenvalue weighted by Gasteiger charge is -2.25. The minimum Gasteiger partial charge on any atom is -0.360 e. The largest absolute Gasteiger partial charge is 0.360 e. The first kappa shape index (κ1) is 11.2. The van der Waals surface area contributed by atoms with Crippen LogP contribution in [0.4, 0.5) is 0 Å². The first-order chi connectivity index (χ1) is 8.35. The Morgan fingerprint density at radius 3 is 3.18 bits per heavy atom. The molecular weight excluding hydrogens is 214 g/mol. The molecule has 1 saturated heterocycles. The van der Waals surface area contributed by atoms with Gasteiger partial charge in [-0.3, -0.25) is 4.90 Å². The summed E-state index contributed by atoms with van der Waals surface area (Å²) < 4.78 is 5.40. The minimum atomic E-state index is 0.808. The summed E-state index contributed by atoms with van der Waals surface area (Å²) in [6, 6.07) is 2.90. The molecule has 0 radical (unpaired) electrons. The average molecular weight is 235 g/mol. The molecule has 1 aromatic rings. The fourth-order valence-electron chi connectivity index (χ4n) is 3.19. The molecule has 1 saturated carbocycles. The molecule has 2 fully saturated rings. The van der Waals surface area contributed by atoms with Crippen molar-refractivity contribution in [3.63, 3.8) is 0 Å². The van der Waals surface area contributed by atoms with Crippen molar-refractivity contribution in [2.24, 2.45) is 5.92 Å². The lowest BCUT2D eigenvalue weighted by atomic mass is 10.1. The summed E-state index contributed by atoms with van der Waals surface area (Å²) in [7, 11) is 0. The summed E-state index contributed by atoms with van der Waals surface area (Å²) >= 11 is 0. The zero-order chi connectivity index (χ0) is 11.7. The third-order valence-corrected chi connectivity index (χ3v) is 4.05. The molecule has 2 aliphatic rings. The molecule has 2 unspecified atom stereocenters. The second-order valence-corrected chi connectivity index (χ2v) is 5.33. The number of fused-ring (bicyclic) bond motifs is 2. The molecule has 17 heavy (non-hydrogen) atoms. The van der Waals surface area contributed by atoms with Crippen molar-refractivity contribution in [3.05, 3.63) is 17.5 Å². The molecule has 94 valence electrons. The Morgan fingerprint density at radius 2 is 2.47 bits per heavy atom. The Morgan fingerprint density at radius 1 is 1.53 bits per heavy atom. The SMILES string of the molecule is CCNCc1cc(CN2CC3CCC2C3)on1. The van der Waals surface area contributed by atoms with E-state index in [0.29, 0.717) is 0 Å². The topological polar surface area (TPSA) is 41.3 Å². The third-order valence-electron chi connectivity index (χ3n) is 4.05.